The summed E-state index contributed by atoms with van der Waals surface area (Å²) in [6.07, 6.45) is 0.843. The average molecular weight is 298 g/mol. The van der Waals surface area contributed by atoms with Gasteiger partial charge in [-0.2, -0.15) is 0 Å². The number of aromatic nitrogens is 1. The summed E-state index contributed by atoms with van der Waals surface area (Å²) in [6, 6.07) is -0.606. The highest BCUT2D eigenvalue weighted by Crippen LogP contribution is 2.16. The Labute approximate surface area is 121 Å². The lowest BCUT2D eigenvalue weighted by molar-refractivity contribution is -0.130. The number of carbonyl (C=O) groups is 2. The molecule has 0 bridgehead atoms. The largest absolute Gasteiger partial charge is 0.377 e. The van der Waals surface area contributed by atoms with Crippen molar-refractivity contribution in [2.24, 2.45) is 0 Å². The Morgan fingerprint density at radius 2 is 2.45 bits per heavy atom. The van der Waals surface area contributed by atoms with Crippen LogP contribution >= 0.6 is 11.3 Å². The van der Waals surface area contributed by atoms with Crippen LogP contribution in [0.4, 0.5) is 5.13 Å². The summed E-state index contributed by atoms with van der Waals surface area (Å²) in [6.45, 7) is 3.56. The lowest BCUT2D eigenvalue weighted by atomic mass is 10.2. The van der Waals surface area contributed by atoms with Gasteiger partial charge in [-0.25, -0.2) is 4.98 Å². The van der Waals surface area contributed by atoms with Crippen LogP contribution in [0.15, 0.2) is 5.38 Å². The van der Waals surface area contributed by atoms with Crippen LogP contribution in [-0.4, -0.2) is 54.0 Å². The molecule has 2 amide bonds. The van der Waals surface area contributed by atoms with Gasteiger partial charge in [-0.1, -0.05) is 6.92 Å². The van der Waals surface area contributed by atoms with Crippen molar-refractivity contribution in [1.82, 2.24) is 15.2 Å². The van der Waals surface area contributed by atoms with E-state index in [2.05, 4.69) is 10.3 Å². The van der Waals surface area contributed by atoms with E-state index in [1.807, 2.05) is 6.92 Å². The highest BCUT2D eigenvalue weighted by molar-refractivity contribution is 7.13. The smallest absolute Gasteiger partial charge is 0.274 e. The number of nitrogens with one attached hydrogen (secondary N) is 1. The Morgan fingerprint density at radius 3 is 3.10 bits per heavy atom. The highest BCUT2D eigenvalue weighted by Gasteiger charge is 2.33. The van der Waals surface area contributed by atoms with E-state index >= 15 is 0 Å². The van der Waals surface area contributed by atoms with E-state index in [1.54, 1.807) is 5.38 Å². The van der Waals surface area contributed by atoms with E-state index in [1.165, 1.54) is 16.2 Å². The second kappa shape index (κ2) is 6.67. The number of amides is 2. The number of thiazole rings is 1. The fraction of sp³-hybridized carbons (Fsp3) is 0.583. The van der Waals surface area contributed by atoms with Crippen LogP contribution in [0.25, 0.3) is 0 Å². The number of hydrogen-bond donors (Lipinski definition) is 2. The van der Waals surface area contributed by atoms with E-state index in [0.29, 0.717) is 24.8 Å². The first kappa shape index (κ1) is 14.7. The molecule has 0 aromatic carbocycles. The lowest BCUT2D eigenvalue weighted by Gasteiger charge is -2.34. The number of nitrogen functional groups attached to an aromatic ring is 1. The second-order valence-electron chi connectivity index (χ2n) is 4.45. The SMILES string of the molecule is CCCNC(=O)C1COCCN1C(=O)c1csc(N)n1. The molecule has 1 aliphatic heterocycles. The van der Waals surface area contributed by atoms with Gasteiger partial charge in [-0.3, -0.25) is 9.59 Å². The molecule has 1 saturated heterocycles. The molecule has 8 heteroatoms. The van der Waals surface area contributed by atoms with Crippen LogP contribution in [0.3, 0.4) is 0 Å². The van der Waals surface area contributed by atoms with Crippen molar-refractivity contribution in [3.8, 4) is 0 Å². The molecule has 7 nitrogen and oxygen atoms in total. The maximum absolute atomic E-state index is 12.4. The maximum Gasteiger partial charge on any atom is 0.274 e. The van der Waals surface area contributed by atoms with Crippen LogP contribution in [0.5, 0.6) is 0 Å². The number of hydrogen-bond acceptors (Lipinski definition) is 6. The molecule has 0 aliphatic carbocycles. The van der Waals surface area contributed by atoms with Crippen LogP contribution in [0.1, 0.15) is 23.8 Å². The Hall–Kier alpha value is -1.67. The van der Waals surface area contributed by atoms with Crippen LogP contribution in [-0.2, 0) is 9.53 Å². The van der Waals surface area contributed by atoms with Gasteiger partial charge in [0.1, 0.15) is 11.7 Å². The molecule has 110 valence electrons. The summed E-state index contributed by atoms with van der Waals surface area (Å²) in [5.74, 6) is -0.471. The van der Waals surface area contributed by atoms with E-state index in [4.69, 9.17) is 10.5 Å². The van der Waals surface area contributed by atoms with Crippen molar-refractivity contribution < 1.29 is 14.3 Å². The zero-order chi connectivity index (χ0) is 14.5. The minimum absolute atomic E-state index is 0.192. The van der Waals surface area contributed by atoms with Crippen molar-refractivity contribution in [1.29, 1.82) is 0 Å². The molecular formula is C12H18N4O3S. The predicted octanol–water partition coefficient (Wildman–Crippen LogP) is 0.0925. The molecule has 3 N–H and O–H groups in total. The Balaban J connectivity index is 2.10. The predicted molar refractivity (Wildman–Crippen MR) is 75.5 cm³/mol. The third-order valence-corrected chi connectivity index (χ3v) is 3.66. The second-order valence-corrected chi connectivity index (χ2v) is 5.34. The topological polar surface area (TPSA) is 97.5 Å². The van der Waals surface area contributed by atoms with Crippen molar-refractivity contribution in [3.05, 3.63) is 11.1 Å². The summed E-state index contributed by atoms with van der Waals surface area (Å²) >= 11 is 1.21. The third-order valence-electron chi connectivity index (χ3n) is 2.98. The van der Waals surface area contributed by atoms with Crippen molar-refractivity contribution in [2.45, 2.75) is 19.4 Å². The van der Waals surface area contributed by atoms with Gasteiger partial charge in [0.2, 0.25) is 5.91 Å². The summed E-state index contributed by atoms with van der Waals surface area (Å²) in [4.78, 5) is 29.9. The zero-order valence-corrected chi connectivity index (χ0v) is 12.1. The van der Waals surface area contributed by atoms with Crippen LogP contribution < -0.4 is 11.1 Å². The number of anilines is 1. The Morgan fingerprint density at radius 1 is 1.65 bits per heavy atom. The minimum atomic E-state index is -0.606. The van der Waals surface area contributed by atoms with Crippen molar-refractivity contribution in [2.75, 3.05) is 32.0 Å². The van der Waals surface area contributed by atoms with Gasteiger partial charge in [0.15, 0.2) is 5.13 Å². The summed E-state index contributed by atoms with van der Waals surface area (Å²) in [5.41, 5.74) is 5.82. The van der Waals surface area contributed by atoms with E-state index < -0.39 is 6.04 Å². The van der Waals surface area contributed by atoms with E-state index in [0.717, 1.165) is 6.42 Å². The molecule has 1 unspecified atom stereocenters. The average Bonchev–Trinajstić information content (AvgIpc) is 2.90. The molecule has 0 saturated carbocycles. The highest BCUT2D eigenvalue weighted by atomic mass is 32.1. The first-order valence-electron chi connectivity index (χ1n) is 6.51. The fourth-order valence-electron chi connectivity index (χ4n) is 1.96. The van der Waals surface area contributed by atoms with Gasteiger partial charge in [0, 0.05) is 18.5 Å². The molecular weight excluding hydrogens is 280 g/mol. The molecule has 1 aromatic rings. The first-order valence-corrected chi connectivity index (χ1v) is 7.39. The zero-order valence-electron chi connectivity index (χ0n) is 11.3. The fourth-order valence-corrected chi connectivity index (χ4v) is 2.50. The number of morpholine rings is 1. The van der Waals surface area contributed by atoms with Crippen LogP contribution in [0.2, 0.25) is 0 Å². The molecule has 0 radical (unpaired) electrons. The third kappa shape index (κ3) is 3.26. The van der Waals surface area contributed by atoms with Gasteiger partial charge in [-0.15, -0.1) is 11.3 Å². The molecule has 20 heavy (non-hydrogen) atoms. The summed E-state index contributed by atoms with van der Waals surface area (Å²) in [5, 5.41) is 4.73. The number of nitrogens with zero attached hydrogens (tertiary/aromatic N) is 2. The maximum atomic E-state index is 12.4. The molecule has 2 rings (SSSR count). The quantitative estimate of drug-likeness (QED) is 0.821. The monoisotopic (exact) mass is 298 g/mol. The van der Waals surface area contributed by atoms with Gasteiger partial charge in [-0.05, 0) is 6.42 Å². The van der Waals surface area contributed by atoms with Crippen LogP contribution in [0, 0.1) is 0 Å². The normalized spacial score (nSPS) is 18.9. The van der Waals surface area contributed by atoms with E-state index in [9.17, 15) is 9.59 Å². The number of rotatable bonds is 4. The molecule has 1 atom stereocenters. The van der Waals surface area contributed by atoms with Gasteiger partial charge >= 0.3 is 0 Å². The molecule has 1 aliphatic rings. The molecule has 0 spiro atoms. The lowest BCUT2D eigenvalue weighted by Crippen LogP contribution is -2.56. The molecule has 1 fully saturated rings. The first-order chi connectivity index (χ1) is 9.63. The molecule has 1 aromatic heterocycles. The van der Waals surface area contributed by atoms with Crippen molar-refractivity contribution in [3.63, 3.8) is 0 Å². The standard InChI is InChI=1S/C12H18N4O3S/c1-2-3-14-10(17)9-6-19-5-4-16(9)11(18)8-7-20-12(13)15-8/h7,9H,2-6H2,1H3,(H2,13,15)(H,14,17). The van der Waals surface area contributed by atoms with Gasteiger partial charge in [0.25, 0.3) is 5.91 Å². The summed E-state index contributed by atoms with van der Waals surface area (Å²) < 4.78 is 5.31. The molecule has 2 heterocycles. The number of ether oxygens (including phenoxy) is 1. The number of nitrogens with two attached hydrogens (primary N) is 1. The number of carbonyl (C=O) groups excluding carboxylic acids is 2. The van der Waals surface area contributed by atoms with Crippen molar-refractivity contribution >= 4 is 28.3 Å². The van der Waals surface area contributed by atoms with Gasteiger partial charge in [0.05, 0.1) is 13.2 Å². The van der Waals surface area contributed by atoms with E-state index in [-0.39, 0.29) is 24.1 Å². The Bertz CT molecular complexity index is 491. The summed E-state index contributed by atoms with van der Waals surface area (Å²) in [7, 11) is 0. The Kier molecular flexibility index (Phi) is 4.91. The van der Waals surface area contributed by atoms with Gasteiger partial charge < -0.3 is 20.7 Å². The minimum Gasteiger partial charge on any atom is -0.377 e.